The largest absolute Gasteiger partial charge is 0.389 e. The van der Waals surface area contributed by atoms with Crippen LogP contribution in [0.2, 0.25) is 0 Å². The summed E-state index contributed by atoms with van der Waals surface area (Å²) in [6.07, 6.45) is 3.13. The van der Waals surface area contributed by atoms with Crippen LogP contribution in [0.1, 0.15) is 6.04 Å². The first-order valence-electron chi connectivity index (χ1n) is 3.94. The van der Waals surface area contributed by atoms with Gasteiger partial charge in [-0.2, -0.15) is 5.10 Å². The zero-order chi connectivity index (χ0) is 8.55. The Balaban J connectivity index is 2.15. The Morgan fingerprint density at radius 2 is 2.33 bits per heavy atom. The van der Waals surface area contributed by atoms with Crippen molar-refractivity contribution in [3.05, 3.63) is 18.5 Å². The smallest absolute Gasteiger partial charge is 0.0931 e. The van der Waals surface area contributed by atoms with E-state index in [9.17, 15) is 5.11 Å². The van der Waals surface area contributed by atoms with Crippen LogP contribution in [0.5, 0.6) is 0 Å². The lowest BCUT2D eigenvalue weighted by molar-refractivity contribution is 0.139. The molecule has 0 amide bonds. The molecule has 1 aliphatic rings. The molecular formula is C7H12N4O. The van der Waals surface area contributed by atoms with Gasteiger partial charge in [0.25, 0.3) is 0 Å². The Kier molecular flexibility index (Phi) is 1.84. The van der Waals surface area contributed by atoms with Crippen LogP contribution in [0.25, 0.3) is 0 Å². The van der Waals surface area contributed by atoms with E-state index in [0.29, 0.717) is 13.1 Å². The Bertz CT molecular complexity index is 248. The lowest BCUT2D eigenvalue weighted by Crippen LogP contribution is -2.28. The van der Waals surface area contributed by atoms with Crippen molar-refractivity contribution in [3.8, 4) is 0 Å². The van der Waals surface area contributed by atoms with Gasteiger partial charge >= 0.3 is 0 Å². The normalized spacial score (nSPS) is 31.2. The highest BCUT2D eigenvalue weighted by Gasteiger charge is 2.31. The number of aliphatic hydroxyl groups is 1. The predicted molar refractivity (Wildman–Crippen MR) is 43.0 cm³/mol. The molecule has 0 unspecified atom stereocenters. The molecule has 1 aromatic heterocycles. The molecule has 1 aromatic rings. The van der Waals surface area contributed by atoms with E-state index in [4.69, 9.17) is 5.84 Å². The van der Waals surface area contributed by atoms with Crippen LogP contribution < -0.4 is 5.84 Å². The maximum absolute atomic E-state index is 9.55. The van der Waals surface area contributed by atoms with Crippen molar-refractivity contribution in [2.24, 2.45) is 5.84 Å². The van der Waals surface area contributed by atoms with E-state index in [1.165, 1.54) is 0 Å². The number of β-amino-alcohol motifs (C(OH)–C–C–N with tert-alkyl or cyclic N) is 1. The summed E-state index contributed by atoms with van der Waals surface area (Å²) in [5, 5.41) is 15.2. The second-order valence-corrected chi connectivity index (χ2v) is 3.07. The molecule has 0 saturated carbocycles. The summed E-state index contributed by atoms with van der Waals surface area (Å²) < 4.78 is 1.75. The molecule has 0 spiro atoms. The first-order chi connectivity index (χ1) is 5.77. The van der Waals surface area contributed by atoms with Crippen molar-refractivity contribution in [1.82, 2.24) is 14.8 Å². The van der Waals surface area contributed by atoms with Gasteiger partial charge in [-0.3, -0.25) is 10.5 Å². The maximum Gasteiger partial charge on any atom is 0.0931 e. The van der Waals surface area contributed by atoms with Crippen LogP contribution >= 0.6 is 0 Å². The van der Waals surface area contributed by atoms with Crippen molar-refractivity contribution in [2.75, 3.05) is 13.1 Å². The lowest BCUT2D eigenvalue weighted by atomic mass is 10.2. The van der Waals surface area contributed by atoms with Crippen LogP contribution in [0.3, 0.4) is 0 Å². The summed E-state index contributed by atoms with van der Waals surface area (Å²) in [5.41, 5.74) is 0. The van der Waals surface area contributed by atoms with Crippen molar-refractivity contribution in [1.29, 1.82) is 0 Å². The fourth-order valence-electron chi connectivity index (χ4n) is 1.54. The molecule has 1 fully saturated rings. The molecule has 66 valence electrons. The fraction of sp³-hybridized carbons (Fsp3) is 0.571. The van der Waals surface area contributed by atoms with Gasteiger partial charge in [0.15, 0.2) is 0 Å². The highest BCUT2D eigenvalue weighted by Crippen LogP contribution is 2.18. The number of hydrazine groups is 1. The minimum atomic E-state index is -0.408. The minimum Gasteiger partial charge on any atom is -0.389 e. The van der Waals surface area contributed by atoms with E-state index in [0.717, 1.165) is 0 Å². The van der Waals surface area contributed by atoms with Gasteiger partial charge < -0.3 is 5.11 Å². The highest BCUT2D eigenvalue weighted by molar-refractivity contribution is 4.89. The Morgan fingerprint density at radius 3 is 2.83 bits per heavy atom. The number of hydrogen-bond donors (Lipinski definition) is 2. The third-order valence-corrected chi connectivity index (χ3v) is 2.15. The van der Waals surface area contributed by atoms with E-state index >= 15 is 0 Å². The van der Waals surface area contributed by atoms with Crippen LogP contribution in [0, 0.1) is 0 Å². The van der Waals surface area contributed by atoms with Crippen molar-refractivity contribution >= 4 is 0 Å². The minimum absolute atomic E-state index is 0.00463. The summed E-state index contributed by atoms with van der Waals surface area (Å²) >= 11 is 0. The van der Waals surface area contributed by atoms with Gasteiger partial charge in [-0.15, -0.1) is 0 Å². The molecular weight excluding hydrogens is 156 g/mol. The second kappa shape index (κ2) is 2.85. The summed E-state index contributed by atoms with van der Waals surface area (Å²) in [7, 11) is 0. The Hall–Kier alpha value is -0.910. The van der Waals surface area contributed by atoms with Crippen LogP contribution in [0.15, 0.2) is 18.5 Å². The van der Waals surface area contributed by atoms with Crippen molar-refractivity contribution in [3.63, 3.8) is 0 Å². The van der Waals surface area contributed by atoms with E-state index < -0.39 is 6.10 Å². The standard InChI is InChI=1S/C7H12N4O/c8-10-4-6(7(12)5-10)11-3-1-2-9-11/h1-3,6-7,12H,4-5,8H2/t6-,7+/m1/s1. The van der Waals surface area contributed by atoms with E-state index in [1.807, 2.05) is 12.3 Å². The zero-order valence-electron chi connectivity index (χ0n) is 6.67. The molecule has 2 heterocycles. The number of hydrogen-bond acceptors (Lipinski definition) is 4. The molecule has 5 nitrogen and oxygen atoms in total. The molecule has 2 rings (SSSR count). The molecule has 0 radical (unpaired) electrons. The Morgan fingerprint density at radius 1 is 1.50 bits per heavy atom. The van der Waals surface area contributed by atoms with Crippen molar-refractivity contribution < 1.29 is 5.11 Å². The molecule has 5 heteroatoms. The summed E-state index contributed by atoms with van der Waals surface area (Å²) in [5.74, 6) is 5.55. The average Bonchev–Trinajstić information content (AvgIpc) is 2.58. The first kappa shape index (κ1) is 7.72. The molecule has 1 saturated heterocycles. The zero-order valence-corrected chi connectivity index (χ0v) is 6.67. The summed E-state index contributed by atoms with van der Waals surface area (Å²) in [6.45, 7) is 1.17. The van der Waals surface area contributed by atoms with Crippen LogP contribution in [-0.2, 0) is 0 Å². The molecule has 3 N–H and O–H groups in total. The average molecular weight is 168 g/mol. The van der Waals surface area contributed by atoms with Gasteiger partial charge in [0.1, 0.15) is 0 Å². The lowest BCUT2D eigenvalue weighted by Gasteiger charge is -2.12. The molecule has 2 atom stereocenters. The maximum atomic E-state index is 9.55. The second-order valence-electron chi connectivity index (χ2n) is 3.07. The SMILES string of the molecule is NN1C[C@@H](n2cccn2)[C@@H](O)C1. The number of aromatic nitrogens is 2. The topological polar surface area (TPSA) is 67.3 Å². The van der Waals surface area contributed by atoms with E-state index in [1.54, 1.807) is 15.9 Å². The molecule has 0 aromatic carbocycles. The number of rotatable bonds is 1. The third-order valence-electron chi connectivity index (χ3n) is 2.15. The predicted octanol–water partition coefficient (Wildman–Crippen LogP) is -1.03. The van der Waals surface area contributed by atoms with E-state index in [-0.39, 0.29) is 6.04 Å². The fourth-order valence-corrected chi connectivity index (χ4v) is 1.54. The van der Waals surface area contributed by atoms with Crippen LogP contribution in [0.4, 0.5) is 0 Å². The van der Waals surface area contributed by atoms with Gasteiger partial charge in [0, 0.05) is 25.5 Å². The molecule has 0 bridgehead atoms. The molecule has 1 aliphatic heterocycles. The van der Waals surface area contributed by atoms with Gasteiger partial charge in [0.2, 0.25) is 0 Å². The van der Waals surface area contributed by atoms with E-state index in [2.05, 4.69) is 5.10 Å². The summed E-state index contributed by atoms with van der Waals surface area (Å²) in [4.78, 5) is 0. The summed E-state index contributed by atoms with van der Waals surface area (Å²) in [6, 6.07) is 1.84. The third kappa shape index (κ3) is 1.22. The quantitative estimate of drug-likeness (QED) is 0.526. The number of nitrogens with two attached hydrogens (primary N) is 1. The van der Waals surface area contributed by atoms with Gasteiger partial charge in [-0.25, -0.2) is 5.01 Å². The highest BCUT2D eigenvalue weighted by atomic mass is 16.3. The van der Waals surface area contributed by atoms with Gasteiger partial charge in [-0.05, 0) is 6.07 Å². The van der Waals surface area contributed by atoms with Crippen molar-refractivity contribution in [2.45, 2.75) is 12.1 Å². The molecule has 12 heavy (non-hydrogen) atoms. The number of aliphatic hydroxyl groups excluding tert-OH is 1. The first-order valence-corrected chi connectivity index (χ1v) is 3.94. The van der Waals surface area contributed by atoms with Gasteiger partial charge in [0.05, 0.1) is 12.1 Å². The molecule has 0 aliphatic carbocycles. The monoisotopic (exact) mass is 168 g/mol. The van der Waals surface area contributed by atoms with Gasteiger partial charge in [-0.1, -0.05) is 0 Å². The van der Waals surface area contributed by atoms with Crippen LogP contribution in [-0.4, -0.2) is 39.1 Å². The number of nitrogens with zero attached hydrogens (tertiary/aromatic N) is 3. The Labute approximate surface area is 70.4 Å².